The summed E-state index contributed by atoms with van der Waals surface area (Å²) in [5, 5.41) is 19.7. The number of aromatic nitrogens is 2. The Labute approximate surface area is 346 Å². The number of alkyl carbamates (subject to hydrolysis) is 1. The Morgan fingerprint density at radius 3 is 1.47 bits per heavy atom. The number of aryl methyl sites for hydroxylation is 4. The smallest absolute Gasteiger partial charge is 0.408 e. The monoisotopic (exact) mass is 810 g/mol. The maximum Gasteiger partial charge on any atom is 0.408 e. The molecule has 0 saturated carbocycles. The van der Waals surface area contributed by atoms with E-state index >= 15 is 0 Å². The maximum atomic E-state index is 13.1. The second kappa shape index (κ2) is 24.2. The number of hydrogen-bond donors (Lipinski definition) is 6. The second-order valence-corrected chi connectivity index (χ2v) is 15.6. The molecule has 4 aromatic rings. The predicted molar refractivity (Wildman–Crippen MR) is 223 cm³/mol. The number of nitrogens with two attached hydrogens (primary N) is 1. The van der Waals surface area contributed by atoms with Crippen molar-refractivity contribution in [3.63, 3.8) is 0 Å². The van der Waals surface area contributed by atoms with Gasteiger partial charge in [0.25, 0.3) is 0 Å². The zero-order valence-corrected chi connectivity index (χ0v) is 34.6. The molecule has 2 atom stereocenters. The summed E-state index contributed by atoms with van der Waals surface area (Å²) < 4.78 is 5.34. The Hall–Kier alpha value is -5.83. The third-order valence-corrected chi connectivity index (χ3v) is 9.07. The Morgan fingerprint density at radius 1 is 0.644 bits per heavy atom. The quantitative estimate of drug-likeness (QED) is 0.0522. The lowest BCUT2D eigenvalue weighted by Crippen LogP contribution is -2.45. The van der Waals surface area contributed by atoms with Crippen LogP contribution >= 0.6 is 0 Å². The zero-order chi connectivity index (χ0) is 43.4. The van der Waals surface area contributed by atoms with Crippen molar-refractivity contribution < 1.29 is 39.1 Å². The van der Waals surface area contributed by atoms with Gasteiger partial charge in [-0.15, -0.1) is 0 Å². The Morgan fingerprint density at radius 2 is 1.07 bits per heavy atom. The van der Waals surface area contributed by atoms with Crippen LogP contribution in [0.2, 0.25) is 0 Å². The van der Waals surface area contributed by atoms with Crippen LogP contribution in [0.4, 0.5) is 4.79 Å². The molecule has 2 unspecified atom stereocenters. The predicted octanol–water partition coefficient (Wildman–Crippen LogP) is 5.37. The van der Waals surface area contributed by atoms with Gasteiger partial charge in [-0.05, 0) is 106 Å². The van der Waals surface area contributed by atoms with E-state index < -0.39 is 29.7 Å². The van der Waals surface area contributed by atoms with Gasteiger partial charge in [0.1, 0.15) is 5.60 Å². The summed E-state index contributed by atoms with van der Waals surface area (Å²) in [6.45, 7) is 9.20. The molecule has 316 valence electrons. The molecule has 2 aromatic heterocycles. The van der Waals surface area contributed by atoms with Crippen LogP contribution in [0.15, 0.2) is 85.2 Å². The fourth-order valence-corrected chi connectivity index (χ4v) is 5.80. The van der Waals surface area contributed by atoms with Crippen LogP contribution in [0, 0.1) is 13.8 Å². The molecule has 0 aliphatic heterocycles. The van der Waals surface area contributed by atoms with E-state index in [0.29, 0.717) is 37.8 Å². The van der Waals surface area contributed by atoms with Crippen molar-refractivity contribution in [2.45, 2.75) is 117 Å². The molecular formula is C45H58N6O8. The third-order valence-electron chi connectivity index (χ3n) is 9.07. The van der Waals surface area contributed by atoms with Crippen molar-refractivity contribution in [2.75, 3.05) is 0 Å². The molecule has 0 saturated heterocycles. The van der Waals surface area contributed by atoms with E-state index in [-0.39, 0.29) is 43.2 Å². The van der Waals surface area contributed by atoms with Crippen LogP contribution in [0.25, 0.3) is 0 Å². The van der Waals surface area contributed by atoms with Crippen molar-refractivity contribution in [1.82, 2.24) is 26.2 Å². The minimum atomic E-state index is -0.772. The first-order chi connectivity index (χ1) is 28.0. The lowest BCUT2D eigenvalue weighted by Gasteiger charge is -2.23. The summed E-state index contributed by atoms with van der Waals surface area (Å²) in [4.78, 5) is 68.5. The number of carbonyl (C=O) groups is 5. The Bertz CT molecular complexity index is 1950. The summed E-state index contributed by atoms with van der Waals surface area (Å²) in [6.07, 6.45) is 7.20. The minimum absolute atomic E-state index is 0.0141. The summed E-state index contributed by atoms with van der Waals surface area (Å²) in [5.74, 6) is -0.955. The molecule has 3 amide bonds. The molecule has 2 heterocycles. The molecule has 7 N–H and O–H groups in total. The topological polar surface area (TPSA) is 223 Å². The fourth-order valence-electron chi connectivity index (χ4n) is 5.80. The van der Waals surface area contributed by atoms with Gasteiger partial charge in [0.2, 0.25) is 11.8 Å². The summed E-state index contributed by atoms with van der Waals surface area (Å²) >= 11 is 0. The number of benzene rings is 2. The highest BCUT2D eigenvalue weighted by atomic mass is 16.6. The van der Waals surface area contributed by atoms with Gasteiger partial charge < -0.3 is 15.8 Å². The van der Waals surface area contributed by atoms with Crippen LogP contribution in [0.3, 0.4) is 0 Å². The number of pyridine rings is 2. The average Bonchev–Trinajstić information content (AvgIpc) is 3.20. The first-order valence-corrected chi connectivity index (χ1v) is 19.7. The van der Waals surface area contributed by atoms with Gasteiger partial charge in [0, 0.05) is 62.3 Å². The SMILES string of the molecule is Cc1ccc(CC(N)C(=O)Cc2ccc(CCCC(=O)NO)cc2)nc1.Cc1ccc(CC(NC(=O)OC(C)(C)C)C(=O)Cc2ccc(CCCC(=O)NO)cc2)nc1. The maximum absolute atomic E-state index is 13.1. The number of ether oxygens (including phenoxy) is 1. The minimum Gasteiger partial charge on any atom is -0.444 e. The number of nitrogens with zero attached hydrogens (tertiary/aromatic N) is 2. The Balaban J connectivity index is 0.000000324. The van der Waals surface area contributed by atoms with Crippen LogP contribution in [-0.2, 0) is 62.4 Å². The van der Waals surface area contributed by atoms with E-state index in [0.717, 1.165) is 45.5 Å². The summed E-state index contributed by atoms with van der Waals surface area (Å²) in [6, 6.07) is 21.6. The first-order valence-electron chi connectivity index (χ1n) is 19.7. The number of carbonyl (C=O) groups excluding carboxylic acids is 5. The van der Waals surface area contributed by atoms with E-state index in [9.17, 15) is 24.0 Å². The van der Waals surface area contributed by atoms with Crippen LogP contribution in [0.5, 0.6) is 0 Å². The lowest BCUT2D eigenvalue weighted by molar-refractivity contribution is -0.129. The molecule has 59 heavy (non-hydrogen) atoms. The van der Waals surface area contributed by atoms with Crippen molar-refractivity contribution >= 4 is 29.5 Å². The van der Waals surface area contributed by atoms with Crippen LogP contribution < -0.4 is 22.0 Å². The van der Waals surface area contributed by atoms with Gasteiger partial charge in [-0.25, -0.2) is 15.8 Å². The molecule has 0 aliphatic rings. The Kier molecular flexibility index (Phi) is 19.5. The van der Waals surface area contributed by atoms with Crippen LogP contribution in [-0.4, -0.2) is 67.5 Å². The molecule has 4 rings (SSSR count). The highest BCUT2D eigenvalue weighted by Crippen LogP contribution is 2.14. The zero-order valence-electron chi connectivity index (χ0n) is 34.6. The van der Waals surface area contributed by atoms with Gasteiger partial charge in [0.05, 0.1) is 12.1 Å². The number of hydroxylamine groups is 2. The molecule has 0 aliphatic carbocycles. The van der Waals surface area contributed by atoms with Gasteiger partial charge >= 0.3 is 6.09 Å². The van der Waals surface area contributed by atoms with E-state index in [4.69, 9.17) is 20.9 Å². The van der Waals surface area contributed by atoms with Crippen molar-refractivity contribution in [1.29, 1.82) is 0 Å². The van der Waals surface area contributed by atoms with E-state index in [1.165, 1.54) is 0 Å². The summed E-state index contributed by atoms with van der Waals surface area (Å²) in [5.41, 5.74) is 16.1. The van der Waals surface area contributed by atoms with Gasteiger partial charge in [-0.3, -0.25) is 39.6 Å². The van der Waals surface area contributed by atoms with Crippen molar-refractivity contribution in [2.24, 2.45) is 5.73 Å². The molecule has 0 bridgehead atoms. The molecule has 14 heteroatoms. The van der Waals surface area contributed by atoms with E-state index in [2.05, 4.69) is 15.3 Å². The van der Waals surface area contributed by atoms with Gasteiger partial charge in [-0.1, -0.05) is 60.7 Å². The molecule has 0 spiro atoms. The lowest BCUT2D eigenvalue weighted by atomic mass is 9.98. The molecule has 2 aromatic carbocycles. The van der Waals surface area contributed by atoms with Gasteiger partial charge in [0.15, 0.2) is 11.6 Å². The van der Waals surface area contributed by atoms with Crippen LogP contribution in [0.1, 0.15) is 91.2 Å². The number of Topliss-reactive ketones (excluding diaryl/α,β-unsaturated/α-hetero) is 2. The number of ketones is 2. The van der Waals surface area contributed by atoms with E-state index in [1.54, 1.807) is 44.1 Å². The first kappa shape index (κ1) is 47.5. The standard InChI is InChI=1S/C25H33N3O5.C20H25N3O3/c1-17-8-13-20(26-16-17)15-21(27-24(31)33-25(2,3)4)22(29)14-19-11-9-18(10-12-19)6-5-7-23(30)28-32;1-14-5-10-17(22-13-14)12-18(21)19(24)11-16-8-6-15(7-9-16)3-2-4-20(25)23-26/h8-13,16,21,32H,5-7,14-15H2,1-4H3,(H,27,31)(H,28,30);5-10,13,18,26H,2-4,11-12,21H2,1H3,(H,23,25). The van der Waals surface area contributed by atoms with E-state index in [1.807, 2.05) is 86.6 Å². The second-order valence-electron chi connectivity index (χ2n) is 15.6. The number of nitrogens with one attached hydrogen (secondary N) is 3. The normalized spacial score (nSPS) is 11.9. The molecule has 0 radical (unpaired) electrons. The highest BCUT2D eigenvalue weighted by molar-refractivity contribution is 5.89. The van der Waals surface area contributed by atoms with Crippen molar-refractivity contribution in [3.05, 3.63) is 130 Å². The number of rotatable bonds is 19. The third kappa shape index (κ3) is 19.0. The molecule has 14 nitrogen and oxygen atoms in total. The molecular weight excluding hydrogens is 753 g/mol. The highest BCUT2D eigenvalue weighted by Gasteiger charge is 2.25. The largest absolute Gasteiger partial charge is 0.444 e. The van der Waals surface area contributed by atoms with Crippen molar-refractivity contribution in [3.8, 4) is 0 Å². The average molecular weight is 811 g/mol. The molecule has 0 fully saturated rings. The van der Waals surface area contributed by atoms with Gasteiger partial charge in [-0.2, -0.15) is 0 Å². The summed E-state index contributed by atoms with van der Waals surface area (Å²) in [7, 11) is 0. The fraction of sp³-hybridized carbons (Fsp3) is 0.400. The number of amides is 3. The number of hydrogen-bond acceptors (Lipinski definition) is 11.